The van der Waals surface area contributed by atoms with E-state index in [4.69, 9.17) is 0 Å². The normalized spacial score (nSPS) is 10.9. The topological polar surface area (TPSA) is 0 Å². The van der Waals surface area contributed by atoms with Crippen molar-refractivity contribution in [3.63, 3.8) is 0 Å². The van der Waals surface area contributed by atoms with Crippen LogP contribution >= 0.6 is 0 Å². The minimum atomic E-state index is 0.843. The minimum absolute atomic E-state index is 0.843. The van der Waals surface area contributed by atoms with Crippen LogP contribution in [0.4, 0.5) is 0 Å². The van der Waals surface area contributed by atoms with Crippen molar-refractivity contribution in [3.8, 4) is 0 Å². The molecule has 0 radical (unpaired) electrons. The molecule has 1 aromatic carbocycles. The summed E-state index contributed by atoms with van der Waals surface area (Å²) in [5.74, 6) is 0. The summed E-state index contributed by atoms with van der Waals surface area (Å²) in [6.07, 6.45) is 10.8. The van der Waals surface area contributed by atoms with E-state index < -0.39 is 0 Å². The Hall–Kier alpha value is -1.82. The SMILES string of the molecule is C=CCC(=C)C=CC=Cc1ccccc1. The summed E-state index contributed by atoms with van der Waals surface area (Å²) in [4.78, 5) is 0. The van der Waals surface area contributed by atoms with Gasteiger partial charge in [0.1, 0.15) is 0 Å². The van der Waals surface area contributed by atoms with E-state index in [9.17, 15) is 0 Å². The van der Waals surface area contributed by atoms with Gasteiger partial charge in [0.25, 0.3) is 0 Å². The third kappa shape index (κ3) is 4.82. The highest BCUT2D eigenvalue weighted by molar-refractivity contribution is 5.50. The molecule has 0 aliphatic heterocycles. The maximum atomic E-state index is 3.90. The molecule has 0 saturated heterocycles. The molecule has 0 nitrogen and oxygen atoms in total. The predicted molar refractivity (Wildman–Crippen MR) is 68.6 cm³/mol. The van der Waals surface area contributed by atoms with Gasteiger partial charge in [0.2, 0.25) is 0 Å². The standard InChI is InChI=1S/C15H16/c1-3-9-14(2)10-7-8-13-15-11-5-4-6-12-15/h3-8,10-13H,1-2,9H2. The molecule has 0 fully saturated rings. The molecule has 0 saturated carbocycles. The van der Waals surface area contributed by atoms with Crippen molar-refractivity contribution in [2.24, 2.45) is 0 Å². The van der Waals surface area contributed by atoms with Crippen LogP contribution < -0.4 is 0 Å². The zero-order chi connectivity index (χ0) is 10.9. The lowest BCUT2D eigenvalue weighted by Gasteiger charge is -1.91. The molecule has 0 aliphatic carbocycles. The first kappa shape index (κ1) is 11.3. The first-order valence-corrected chi connectivity index (χ1v) is 5.01. The molecular formula is C15H16. The van der Waals surface area contributed by atoms with E-state index >= 15 is 0 Å². The number of hydrogen-bond donors (Lipinski definition) is 0. The second kappa shape index (κ2) is 6.61. The highest BCUT2D eigenvalue weighted by Crippen LogP contribution is 2.03. The molecule has 15 heavy (non-hydrogen) atoms. The monoisotopic (exact) mass is 196 g/mol. The molecular weight excluding hydrogens is 180 g/mol. The Bertz CT molecular complexity index is 366. The molecule has 76 valence electrons. The summed E-state index contributed by atoms with van der Waals surface area (Å²) >= 11 is 0. The van der Waals surface area contributed by atoms with Crippen molar-refractivity contribution >= 4 is 6.08 Å². The lowest BCUT2D eigenvalue weighted by atomic mass is 10.2. The number of benzene rings is 1. The van der Waals surface area contributed by atoms with Crippen molar-refractivity contribution in [1.29, 1.82) is 0 Å². The maximum absolute atomic E-state index is 3.90. The molecule has 0 bridgehead atoms. The molecule has 0 unspecified atom stereocenters. The number of rotatable bonds is 5. The van der Waals surface area contributed by atoms with Gasteiger partial charge in [-0.3, -0.25) is 0 Å². The summed E-state index contributed by atoms with van der Waals surface area (Å²) < 4.78 is 0. The Morgan fingerprint density at radius 3 is 2.53 bits per heavy atom. The van der Waals surface area contributed by atoms with E-state index in [0.717, 1.165) is 12.0 Å². The molecule has 1 aromatic rings. The zero-order valence-corrected chi connectivity index (χ0v) is 8.89. The third-order valence-electron chi connectivity index (χ3n) is 1.94. The molecule has 1 rings (SSSR count). The van der Waals surface area contributed by atoms with Gasteiger partial charge in [-0.05, 0) is 12.0 Å². The van der Waals surface area contributed by atoms with E-state index in [1.807, 2.05) is 42.5 Å². The molecule has 0 heterocycles. The average molecular weight is 196 g/mol. The Morgan fingerprint density at radius 1 is 1.13 bits per heavy atom. The fraction of sp³-hybridized carbons (Fsp3) is 0.0667. The average Bonchev–Trinajstić information content (AvgIpc) is 2.26. The van der Waals surface area contributed by atoms with E-state index in [1.165, 1.54) is 5.56 Å². The largest absolute Gasteiger partial charge is 0.103 e. The van der Waals surface area contributed by atoms with Gasteiger partial charge in [-0.2, -0.15) is 0 Å². The highest BCUT2D eigenvalue weighted by atomic mass is 13.9. The van der Waals surface area contributed by atoms with Crippen LogP contribution in [-0.2, 0) is 0 Å². The fourth-order valence-corrected chi connectivity index (χ4v) is 1.18. The number of hydrogen-bond acceptors (Lipinski definition) is 0. The first-order chi connectivity index (χ1) is 7.33. The Balaban J connectivity index is 2.46. The summed E-state index contributed by atoms with van der Waals surface area (Å²) in [6, 6.07) is 10.2. The molecule has 0 heteroatoms. The van der Waals surface area contributed by atoms with Gasteiger partial charge >= 0.3 is 0 Å². The van der Waals surface area contributed by atoms with E-state index in [0.29, 0.717) is 0 Å². The summed E-state index contributed by atoms with van der Waals surface area (Å²) in [6.45, 7) is 7.56. The second-order valence-electron chi connectivity index (χ2n) is 3.28. The Labute approximate surface area is 92.0 Å². The zero-order valence-electron chi connectivity index (χ0n) is 8.89. The lowest BCUT2D eigenvalue weighted by Crippen LogP contribution is -1.70. The van der Waals surface area contributed by atoms with Crippen LogP contribution in [0, 0.1) is 0 Å². The summed E-state index contributed by atoms with van der Waals surface area (Å²) in [5.41, 5.74) is 2.28. The molecule has 0 atom stereocenters. The molecule has 0 spiro atoms. The Morgan fingerprint density at radius 2 is 1.87 bits per heavy atom. The summed E-state index contributed by atoms with van der Waals surface area (Å²) in [7, 11) is 0. The van der Waals surface area contributed by atoms with Crippen LogP contribution in [0.2, 0.25) is 0 Å². The minimum Gasteiger partial charge on any atom is -0.103 e. The van der Waals surface area contributed by atoms with Crippen molar-refractivity contribution in [2.75, 3.05) is 0 Å². The van der Waals surface area contributed by atoms with Crippen molar-refractivity contribution in [1.82, 2.24) is 0 Å². The van der Waals surface area contributed by atoms with Crippen LogP contribution in [0.25, 0.3) is 6.08 Å². The van der Waals surface area contributed by atoms with Crippen LogP contribution in [0.1, 0.15) is 12.0 Å². The van der Waals surface area contributed by atoms with Crippen molar-refractivity contribution in [2.45, 2.75) is 6.42 Å². The van der Waals surface area contributed by atoms with Gasteiger partial charge < -0.3 is 0 Å². The van der Waals surface area contributed by atoms with Crippen LogP contribution in [0.5, 0.6) is 0 Å². The van der Waals surface area contributed by atoms with Gasteiger partial charge in [-0.15, -0.1) is 6.58 Å². The quantitative estimate of drug-likeness (QED) is 0.484. The predicted octanol–water partition coefficient (Wildman–Crippen LogP) is 4.39. The van der Waals surface area contributed by atoms with Crippen LogP contribution in [-0.4, -0.2) is 0 Å². The number of allylic oxidation sites excluding steroid dienone is 5. The first-order valence-electron chi connectivity index (χ1n) is 5.01. The summed E-state index contributed by atoms with van der Waals surface area (Å²) in [5, 5.41) is 0. The van der Waals surface area contributed by atoms with Gasteiger partial charge in [0, 0.05) is 0 Å². The van der Waals surface area contributed by atoms with Gasteiger partial charge in [0.05, 0.1) is 0 Å². The van der Waals surface area contributed by atoms with Gasteiger partial charge in [-0.1, -0.05) is 72.9 Å². The highest BCUT2D eigenvalue weighted by Gasteiger charge is 1.82. The second-order valence-corrected chi connectivity index (χ2v) is 3.28. The smallest absolute Gasteiger partial charge is 0.0106 e. The molecule has 0 aliphatic rings. The van der Waals surface area contributed by atoms with E-state index in [2.05, 4.69) is 31.4 Å². The maximum Gasteiger partial charge on any atom is -0.0106 e. The van der Waals surface area contributed by atoms with E-state index in [-0.39, 0.29) is 0 Å². The molecule has 0 N–H and O–H groups in total. The molecule has 0 aromatic heterocycles. The van der Waals surface area contributed by atoms with E-state index in [1.54, 1.807) is 0 Å². The fourth-order valence-electron chi connectivity index (χ4n) is 1.18. The van der Waals surface area contributed by atoms with Crippen molar-refractivity contribution in [3.05, 3.63) is 78.9 Å². The lowest BCUT2D eigenvalue weighted by molar-refractivity contribution is 1.31. The third-order valence-corrected chi connectivity index (χ3v) is 1.94. The van der Waals surface area contributed by atoms with Gasteiger partial charge in [0.15, 0.2) is 0 Å². The Kier molecular flexibility index (Phi) is 4.96. The van der Waals surface area contributed by atoms with Crippen LogP contribution in [0.15, 0.2) is 73.4 Å². The van der Waals surface area contributed by atoms with Crippen molar-refractivity contribution < 1.29 is 0 Å². The van der Waals surface area contributed by atoms with Gasteiger partial charge in [-0.25, -0.2) is 0 Å². The molecule has 0 amide bonds. The van der Waals surface area contributed by atoms with Crippen LogP contribution in [0.3, 0.4) is 0 Å².